The number of allylic oxidation sites excluding steroid dienone is 3. The first-order valence-electron chi connectivity index (χ1n) is 4.54. The molecular formula is C11H16O2. The molecule has 0 saturated carbocycles. The third-order valence-electron chi connectivity index (χ3n) is 2.31. The molecule has 2 heteroatoms. The predicted molar refractivity (Wildman–Crippen MR) is 52.6 cm³/mol. The van der Waals surface area contributed by atoms with Crippen LogP contribution in [0.1, 0.15) is 26.7 Å². The van der Waals surface area contributed by atoms with Crippen molar-refractivity contribution in [2.75, 3.05) is 7.11 Å². The first kappa shape index (κ1) is 10.2. The predicted octanol–water partition coefficient (Wildman–Crippen LogP) is 2.26. The summed E-state index contributed by atoms with van der Waals surface area (Å²) in [5, 5.41) is 0. The van der Waals surface area contributed by atoms with Crippen LogP contribution in [0.15, 0.2) is 23.8 Å². The minimum atomic E-state index is -0.701. The van der Waals surface area contributed by atoms with Gasteiger partial charge in [0.2, 0.25) is 0 Å². The van der Waals surface area contributed by atoms with Gasteiger partial charge in [0.1, 0.15) is 5.60 Å². The van der Waals surface area contributed by atoms with Crippen molar-refractivity contribution in [1.29, 1.82) is 0 Å². The maximum atomic E-state index is 11.8. The molecule has 13 heavy (non-hydrogen) atoms. The van der Waals surface area contributed by atoms with Crippen molar-refractivity contribution in [3.63, 3.8) is 0 Å². The van der Waals surface area contributed by atoms with Gasteiger partial charge in [-0.2, -0.15) is 0 Å². The van der Waals surface area contributed by atoms with E-state index in [4.69, 9.17) is 4.74 Å². The molecule has 0 atom stereocenters. The fourth-order valence-corrected chi connectivity index (χ4v) is 1.22. The quantitative estimate of drug-likeness (QED) is 0.666. The zero-order valence-corrected chi connectivity index (χ0v) is 8.46. The fraction of sp³-hybridized carbons (Fsp3) is 0.545. The lowest BCUT2D eigenvalue weighted by atomic mass is 9.93. The van der Waals surface area contributed by atoms with Crippen molar-refractivity contribution in [3.05, 3.63) is 23.8 Å². The van der Waals surface area contributed by atoms with Crippen LogP contribution in [0, 0.1) is 0 Å². The van der Waals surface area contributed by atoms with Gasteiger partial charge in [-0.05, 0) is 26.7 Å². The number of carbonyl (C=O) groups is 1. The summed E-state index contributed by atoms with van der Waals surface area (Å²) in [6, 6.07) is 0. The van der Waals surface area contributed by atoms with Crippen LogP contribution in [0.5, 0.6) is 0 Å². The molecule has 1 rings (SSSR count). The first-order chi connectivity index (χ1) is 6.08. The number of Topliss-reactive ketones (excluding diaryl/α,β-unsaturated/α-hetero) is 1. The summed E-state index contributed by atoms with van der Waals surface area (Å²) in [5.74, 6) is 0.0611. The highest BCUT2D eigenvalue weighted by Crippen LogP contribution is 2.19. The van der Waals surface area contributed by atoms with Crippen molar-refractivity contribution < 1.29 is 9.53 Å². The molecule has 0 aromatic rings. The molecule has 1 aliphatic rings. The Morgan fingerprint density at radius 3 is 2.62 bits per heavy atom. The lowest BCUT2D eigenvalue weighted by molar-refractivity contribution is -0.132. The van der Waals surface area contributed by atoms with Crippen molar-refractivity contribution in [1.82, 2.24) is 0 Å². The average Bonchev–Trinajstić information content (AvgIpc) is 2.18. The largest absolute Gasteiger partial charge is 0.371 e. The fourth-order valence-electron chi connectivity index (χ4n) is 1.22. The van der Waals surface area contributed by atoms with Crippen LogP contribution in [-0.2, 0) is 9.53 Å². The first-order valence-corrected chi connectivity index (χ1v) is 4.54. The number of rotatable bonds is 3. The third kappa shape index (κ3) is 2.28. The number of hydrogen-bond acceptors (Lipinski definition) is 2. The van der Waals surface area contributed by atoms with Gasteiger partial charge in [0.15, 0.2) is 5.78 Å². The second-order valence-electron chi connectivity index (χ2n) is 3.68. The normalized spacial score (nSPS) is 17.0. The van der Waals surface area contributed by atoms with Gasteiger partial charge in [-0.25, -0.2) is 0 Å². The molecule has 2 nitrogen and oxygen atoms in total. The zero-order valence-electron chi connectivity index (χ0n) is 8.46. The molecule has 72 valence electrons. The number of carbonyl (C=O) groups excluding carboxylic acids is 1. The van der Waals surface area contributed by atoms with Gasteiger partial charge in [0.25, 0.3) is 0 Å². The number of ketones is 1. The molecule has 0 unspecified atom stereocenters. The van der Waals surface area contributed by atoms with E-state index in [2.05, 4.69) is 0 Å². The smallest absolute Gasteiger partial charge is 0.193 e. The number of methoxy groups -OCH3 is 1. The Morgan fingerprint density at radius 2 is 2.15 bits per heavy atom. The Hall–Kier alpha value is -0.890. The van der Waals surface area contributed by atoms with Gasteiger partial charge < -0.3 is 4.74 Å². The van der Waals surface area contributed by atoms with Gasteiger partial charge in [-0.15, -0.1) is 0 Å². The van der Waals surface area contributed by atoms with Gasteiger partial charge in [0, 0.05) is 12.7 Å². The second kappa shape index (κ2) is 3.88. The van der Waals surface area contributed by atoms with E-state index in [0.717, 1.165) is 18.4 Å². The Balaban J connectivity index is 2.78. The maximum absolute atomic E-state index is 11.8. The molecule has 0 N–H and O–H groups in total. The molecule has 1 aliphatic carbocycles. The van der Waals surface area contributed by atoms with Crippen LogP contribution >= 0.6 is 0 Å². The minimum absolute atomic E-state index is 0.0611. The van der Waals surface area contributed by atoms with Gasteiger partial charge >= 0.3 is 0 Å². The number of ether oxygens (including phenoxy) is 1. The molecule has 0 heterocycles. The van der Waals surface area contributed by atoms with Crippen molar-refractivity contribution in [2.45, 2.75) is 32.3 Å². The van der Waals surface area contributed by atoms with Crippen molar-refractivity contribution in [2.24, 2.45) is 0 Å². The SMILES string of the molecule is COC(C)(C)C(=O)C1=CCCC=C1. The van der Waals surface area contributed by atoms with E-state index >= 15 is 0 Å². The van der Waals surface area contributed by atoms with E-state index in [9.17, 15) is 4.79 Å². The standard InChI is InChI=1S/C11H16O2/c1-11(2,13-3)10(12)9-7-5-4-6-8-9/h5,7-8H,4,6H2,1-3H3. The summed E-state index contributed by atoms with van der Waals surface area (Å²) in [4.78, 5) is 11.8. The highest BCUT2D eigenvalue weighted by molar-refractivity contribution is 6.03. The van der Waals surface area contributed by atoms with Crippen molar-refractivity contribution in [3.8, 4) is 0 Å². The van der Waals surface area contributed by atoms with Gasteiger partial charge in [-0.1, -0.05) is 18.2 Å². The van der Waals surface area contributed by atoms with Crippen LogP contribution < -0.4 is 0 Å². The van der Waals surface area contributed by atoms with E-state index in [-0.39, 0.29) is 5.78 Å². The van der Waals surface area contributed by atoms with Gasteiger partial charge in [0.05, 0.1) is 0 Å². The molecule has 0 radical (unpaired) electrons. The highest BCUT2D eigenvalue weighted by Gasteiger charge is 2.28. The lowest BCUT2D eigenvalue weighted by Crippen LogP contribution is -2.34. The Labute approximate surface area is 79.3 Å². The summed E-state index contributed by atoms with van der Waals surface area (Å²) in [7, 11) is 1.56. The molecule has 0 aromatic heterocycles. The van der Waals surface area contributed by atoms with Crippen LogP contribution in [-0.4, -0.2) is 18.5 Å². The zero-order chi connectivity index (χ0) is 9.90. The minimum Gasteiger partial charge on any atom is -0.371 e. The summed E-state index contributed by atoms with van der Waals surface area (Å²) in [6.45, 7) is 3.58. The summed E-state index contributed by atoms with van der Waals surface area (Å²) >= 11 is 0. The summed E-state index contributed by atoms with van der Waals surface area (Å²) in [6.07, 6.45) is 7.87. The van der Waals surface area contributed by atoms with Crippen molar-refractivity contribution >= 4 is 5.78 Å². The van der Waals surface area contributed by atoms with Crippen LogP contribution in [0.2, 0.25) is 0 Å². The van der Waals surface area contributed by atoms with E-state index in [1.54, 1.807) is 21.0 Å². The van der Waals surface area contributed by atoms with E-state index < -0.39 is 5.60 Å². The average molecular weight is 180 g/mol. The topological polar surface area (TPSA) is 26.3 Å². The van der Waals surface area contributed by atoms with E-state index in [0.29, 0.717) is 0 Å². The maximum Gasteiger partial charge on any atom is 0.193 e. The third-order valence-corrected chi connectivity index (χ3v) is 2.31. The van der Waals surface area contributed by atoms with Crippen LogP contribution in [0.3, 0.4) is 0 Å². The molecular weight excluding hydrogens is 164 g/mol. The molecule has 0 aromatic carbocycles. The Morgan fingerprint density at radius 1 is 1.46 bits per heavy atom. The lowest BCUT2D eigenvalue weighted by Gasteiger charge is -2.22. The monoisotopic (exact) mass is 180 g/mol. The number of hydrogen-bond donors (Lipinski definition) is 0. The van der Waals surface area contributed by atoms with Crippen LogP contribution in [0.4, 0.5) is 0 Å². The Kier molecular flexibility index (Phi) is 3.04. The van der Waals surface area contributed by atoms with Crippen LogP contribution in [0.25, 0.3) is 0 Å². The molecule has 0 bridgehead atoms. The van der Waals surface area contributed by atoms with Gasteiger partial charge in [-0.3, -0.25) is 4.79 Å². The molecule has 0 saturated heterocycles. The Bertz CT molecular complexity index is 259. The molecule has 0 fully saturated rings. The summed E-state index contributed by atoms with van der Waals surface area (Å²) < 4.78 is 5.13. The molecule has 0 spiro atoms. The second-order valence-corrected chi connectivity index (χ2v) is 3.68. The molecule has 0 aliphatic heterocycles. The molecule has 0 amide bonds. The highest BCUT2D eigenvalue weighted by atomic mass is 16.5. The van der Waals surface area contributed by atoms with E-state index in [1.165, 1.54) is 0 Å². The summed E-state index contributed by atoms with van der Waals surface area (Å²) in [5.41, 5.74) is 0.0751. The van der Waals surface area contributed by atoms with E-state index in [1.807, 2.05) is 18.2 Å².